The van der Waals surface area contributed by atoms with E-state index in [4.69, 9.17) is 5.26 Å². The molecule has 1 aromatic carbocycles. The van der Waals surface area contributed by atoms with Gasteiger partial charge < -0.3 is 10.0 Å². The molecule has 0 amide bonds. The number of hydrogen-bond acceptors (Lipinski definition) is 7. The Kier molecular flexibility index (Phi) is 5.93. The van der Waals surface area contributed by atoms with Crippen molar-refractivity contribution in [1.29, 1.82) is 5.26 Å². The number of nitrogens with one attached hydrogen (secondary N) is 1. The minimum atomic E-state index is -3.62. The molecule has 0 radical (unpaired) electrons. The SMILES string of the molecule is CC(C)c1ccc(CS(=O)(=O)N[C@H]2CN(c3ccc(C#N)nn3)C[C@H]2O)cc1. The van der Waals surface area contributed by atoms with Crippen molar-refractivity contribution in [2.45, 2.75) is 37.7 Å². The molecule has 0 unspecified atom stereocenters. The van der Waals surface area contributed by atoms with Gasteiger partial charge in [0.15, 0.2) is 11.5 Å². The molecule has 0 saturated carbocycles. The summed E-state index contributed by atoms with van der Waals surface area (Å²) in [5, 5.41) is 26.8. The molecule has 2 heterocycles. The highest BCUT2D eigenvalue weighted by Gasteiger charge is 2.35. The van der Waals surface area contributed by atoms with Crippen LogP contribution >= 0.6 is 0 Å². The van der Waals surface area contributed by atoms with Gasteiger partial charge in [0.05, 0.1) is 17.9 Å². The van der Waals surface area contributed by atoms with Crippen molar-refractivity contribution in [2.75, 3.05) is 18.0 Å². The number of aliphatic hydroxyl groups excluding tert-OH is 1. The zero-order chi connectivity index (χ0) is 20.3. The summed E-state index contributed by atoms with van der Waals surface area (Å²) in [7, 11) is -3.62. The molecule has 1 aromatic heterocycles. The number of sulfonamides is 1. The Morgan fingerprint density at radius 1 is 1.21 bits per heavy atom. The number of nitrogens with zero attached hydrogens (tertiary/aromatic N) is 4. The maximum Gasteiger partial charge on any atom is 0.216 e. The molecule has 0 bridgehead atoms. The molecule has 148 valence electrons. The highest BCUT2D eigenvalue weighted by Crippen LogP contribution is 2.20. The number of nitriles is 1. The largest absolute Gasteiger partial charge is 0.390 e. The molecule has 1 fully saturated rings. The summed E-state index contributed by atoms with van der Waals surface area (Å²) in [6.45, 7) is 4.67. The van der Waals surface area contributed by atoms with Gasteiger partial charge in [-0.15, -0.1) is 10.2 Å². The Labute approximate surface area is 164 Å². The monoisotopic (exact) mass is 401 g/mol. The summed E-state index contributed by atoms with van der Waals surface area (Å²) in [5.74, 6) is 0.725. The van der Waals surface area contributed by atoms with Gasteiger partial charge in [0.2, 0.25) is 10.0 Å². The van der Waals surface area contributed by atoms with Gasteiger partial charge in [-0.2, -0.15) is 5.26 Å². The van der Waals surface area contributed by atoms with E-state index in [0.717, 1.165) is 5.56 Å². The zero-order valence-corrected chi connectivity index (χ0v) is 16.6. The van der Waals surface area contributed by atoms with Crippen molar-refractivity contribution in [3.05, 3.63) is 53.2 Å². The fraction of sp³-hybridized carbons (Fsp3) is 0.421. The first-order valence-corrected chi connectivity index (χ1v) is 10.7. The van der Waals surface area contributed by atoms with Crippen LogP contribution in [-0.4, -0.2) is 49.0 Å². The third-order valence-corrected chi connectivity index (χ3v) is 6.09. The number of aliphatic hydroxyl groups is 1. The van der Waals surface area contributed by atoms with Crippen LogP contribution < -0.4 is 9.62 Å². The number of anilines is 1. The lowest BCUT2D eigenvalue weighted by Gasteiger charge is -2.17. The minimum Gasteiger partial charge on any atom is -0.390 e. The van der Waals surface area contributed by atoms with Crippen molar-refractivity contribution in [3.8, 4) is 6.07 Å². The van der Waals surface area contributed by atoms with Gasteiger partial charge in [-0.25, -0.2) is 13.1 Å². The molecule has 1 aliphatic rings. The summed E-state index contributed by atoms with van der Waals surface area (Å²) >= 11 is 0. The highest BCUT2D eigenvalue weighted by molar-refractivity contribution is 7.88. The van der Waals surface area contributed by atoms with Gasteiger partial charge in [0.25, 0.3) is 0 Å². The summed E-state index contributed by atoms with van der Waals surface area (Å²) in [6.07, 6.45) is -0.865. The first-order chi connectivity index (χ1) is 13.3. The molecule has 8 nitrogen and oxygen atoms in total. The number of hydrogen-bond donors (Lipinski definition) is 2. The summed E-state index contributed by atoms with van der Waals surface area (Å²) in [4.78, 5) is 1.74. The van der Waals surface area contributed by atoms with E-state index < -0.39 is 22.2 Å². The van der Waals surface area contributed by atoms with E-state index in [1.165, 1.54) is 6.07 Å². The molecule has 2 atom stereocenters. The molecular weight excluding hydrogens is 378 g/mol. The van der Waals surface area contributed by atoms with Crippen molar-refractivity contribution in [2.24, 2.45) is 0 Å². The van der Waals surface area contributed by atoms with Crippen LogP contribution in [0.4, 0.5) is 5.82 Å². The van der Waals surface area contributed by atoms with E-state index in [-0.39, 0.29) is 24.5 Å². The lowest BCUT2D eigenvalue weighted by atomic mass is 10.0. The second-order valence-electron chi connectivity index (χ2n) is 7.24. The maximum atomic E-state index is 12.5. The summed E-state index contributed by atoms with van der Waals surface area (Å²) in [5.41, 5.74) is 2.04. The molecule has 9 heteroatoms. The van der Waals surface area contributed by atoms with Gasteiger partial charge in [0.1, 0.15) is 6.07 Å². The van der Waals surface area contributed by atoms with Crippen molar-refractivity contribution < 1.29 is 13.5 Å². The van der Waals surface area contributed by atoms with E-state index in [1.54, 1.807) is 11.0 Å². The molecular formula is C19H23N5O3S. The van der Waals surface area contributed by atoms with Gasteiger partial charge in [-0.3, -0.25) is 0 Å². The predicted octanol–water partition coefficient (Wildman–Crippen LogP) is 1.14. The van der Waals surface area contributed by atoms with Crippen LogP contribution in [0.25, 0.3) is 0 Å². The third-order valence-electron chi connectivity index (χ3n) is 4.71. The number of benzene rings is 1. The lowest BCUT2D eigenvalue weighted by molar-refractivity contribution is 0.174. The van der Waals surface area contributed by atoms with E-state index in [9.17, 15) is 13.5 Å². The standard InChI is InChI=1S/C19H23N5O3S/c1-13(2)15-5-3-14(4-6-15)12-28(26,27)23-17-10-24(11-18(17)25)19-8-7-16(9-20)21-22-19/h3-8,13,17-18,23,25H,10-12H2,1-2H3/t17-,18+/m0/s1. The zero-order valence-electron chi connectivity index (χ0n) is 15.8. The fourth-order valence-corrected chi connectivity index (χ4v) is 4.54. The van der Waals surface area contributed by atoms with Crippen LogP contribution in [0.2, 0.25) is 0 Å². The Balaban J connectivity index is 1.64. The Hall–Kier alpha value is -2.54. The van der Waals surface area contributed by atoms with Crippen LogP contribution in [0.1, 0.15) is 36.6 Å². The molecule has 28 heavy (non-hydrogen) atoms. The average molecular weight is 401 g/mol. The lowest BCUT2D eigenvalue weighted by Crippen LogP contribution is -2.43. The second kappa shape index (κ2) is 8.22. The highest BCUT2D eigenvalue weighted by atomic mass is 32.2. The van der Waals surface area contributed by atoms with Gasteiger partial charge in [-0.05, 0) is 29.2 Å². The topological polar surface area (TPSA) is 119 Å². The van der Waals surface area contributed by atoms with Crippen molar-refractivity contribution in [1.82, 2.24) is 14.9 Å². The van der Waals surface area contributed by atoms with Gasteiger partial charge in [0, 0.05) is 13.1 Å². The van der Waals surface area contributed by atoms with Gasteiger partial charge in [-0.1, -0.05) is 38.1 Å². The second-order valence-corrected chi connectivity index (χ2v) is 8.99. The minimum absolute atomic E-state index is 0.148. The summed E-state index contributed by atoms with van der Waals surface area (Å²) < 4.78 is 27.7. The molecule has 3 rings (SSSR count). The molecule has 0 spiro atoms. The van der Waals surface area contributed by atoms with Crippen LogP contribution in [0.3, 0.4) is 0 Å². The Morgan fingerprint density at radius 2 is 1.93 bits per heavy atom. The van der Waals surface area contributed by atoms with Crippen LogP contribution in [0.5, 0.6) is 0 Å². The quantitative estimate of drug-likeness (QED) is 0.745. The molecule has 0 aliphatic carbocycles. The van der Waals surface area contributed by atoms with Crippen LogP contribution in [0, 0.1) is 11.3 Å². The van der Waals surface area contributed by atoms with Crippen molar-refractivity contribution in [3.63, 3.8) is 0 Å². The summed E-state index contributed by atoms with van der Waals surface area (Å²) in [6, 6.07) is 11.9. The smallest absolute Gasteiger partial charge is 0.216 e. The number of β-amino-alcohol motifs (C(OH)–C–C–N with tert-alkyl or cyclic N) is 1. The third kappa shape index (κ3) is 4.84. The first-order valence-electron chi connectivity index (χ1n) is 9.03. The molecule has 1 saturated heterocycles. The fourth-order valence-electron chi connectivity index (χ4n) is 3.13. The van der Waals surface area contributed by atoms with E-state index in [2.05, 4.69) is 28.8 Å². The van der Waals surface area contributed by atoms with Crippen molar-refractivity contribution >= 4 is 15.8 Å². The Bertz CT molecular complexity index is 953. The van der Waals surface area contributed by atoms with Gasteiger partial charge >= 0.3 is 0 Å². The van der Waals surface area contributed by atoms with E-state index in [1.807, 2.05) is 30.3 Å². The Morgan fingerprint density at radius 3 is 2.50 bits per heavy atom. The first kappa shape index (κ1) is 20.2. The molecule has 2 aromatic rings. The normalized spacial score (nSPS) is 19.8. The van der Waals surface area contributed by atoms with Crippen LogP contribution in [0.15, 0.2) is 36.4 Å². The molecule has 2 N–H and O–H groups in total. The maximum absolute atomic E-state index is 12.5. The molecule has 1 aliphatic heterocycles. The predicted molar refractivity (Wildman–Crippen MR) is 105 cm³/mol. The average Bonchev–Trinajstić information content (AvgIpc) is 3.01. The number of rotatable bonds is 6. The van der Waals surface area contributed by atoms with E-state index in [0.29, 0.717) is 17.3 Å². The number of aromatic nitrogens is 2. The van der Waals surface area contributed by atoms with E-state index >= 15 is 0 Å². The van der Waals surface area contributed by atoms with Crippen LogP contribution in [-0.2, 0) is 15.8 Å².